The Bertz CT molecular complexity index is 956. The maximum atomic E-state index is 12.9. The fraction of sp³-hybridized carbons (Fsp3) is 0.100. The molecule has 1 heterocycles. The van der Waals surface area contributed by atoms with E-state index in [-0.39, 0.29) is 5.69 Å². The SMILES string of the molecule is Nc1cccc(C(=O)Nc2cccc(C(F)(F)F)c2)c1Cc1ccncc1. The second kappa shape index (κ2) is 7.49. The number of benzene rings is 2. The van der Waals surface area contributed by atoms with Crippen LogP contribution in [0.4, 0.5) is 24.5 Å². The maximum Gasteiger partial charge on any atom is 0.416 e. The van der Waals surface area contributed by atoms with Gasteiger partial charge >= 0.3 is 6.18 Å². The van der Waals surface area contributed by atoms with Crippen LogP contribution in [0.15, 0.2) is 67.0 Å². The molecule has 1 amide bonds. The Labute approximate surface area is 153 Å². The van der Waals surface area contributed by atoms with Crippen molar-refractivity contribution >= 4 is 17.3 Å². The predicted octanol–water partition coefficient (Wildman–Crippen LogP) is 4.53. The smallest absolute Gasteiger partial charge is 0.398 e. The van der Waals surface area contributed by atoms with Crippen molar-refractivity contribution in [3.8, 4) is 0 Å². The number of halogens is 3. The predicted molar refractivity (Wildman–Crippen MR) is 97.3 cm³/mol. The molecule has 0 saturated heterocycles. The van der Waals surface area contributed by atoms with E-state index in [1.54, 1.807) is 42.7 Å². The molecule has 0 aliphatic heterocycles. The molecule has 0 fully saturated rings. The van der Waals surface area contributed by atoms with Crippen LogP contribution in [-0.2, 0) is 12.6 Å². The molecule has 0 atom stereocenters. The van der Waals surface area contributed by atoms with Gasteiger partial charge in [0.1, 0.15) is 0 Å². The van der Waals surface area contributed by atoms with E-state index >= 15 is 0 Å². The van der Waals surface area contributed by atoms with Crippen LogP contribution in [0.25, 0.3) is 0 Å². The third-order valence-corrected chi connectivity index (χ3v) is 4.03. The summed E-state index contributed by atoms with van der Waals surface area (Å²) >= 11 is 0. The third-order valence-electron chi connectivity index (χ3n) is 4.03. The van der Waals surface area contributed by atoms with Crippen LogP contribution in [-0.4, -0.2) is 10.9 Å². The summed E-state index contributed by atoms with van der Waals surface area (Å²) in [5.41, 5.74) is 7.53. The number of alkyl halides is 3. The Hall–Kier alpha value is -3.35. The van der Waals surface area contributed by atoms with Crippen molar-refractivity contribution in [1.29, 1.82) is 0 Å². The first-order chi connectivity index (χ1) is 12.8. The summed E-state index contributed by atoms with van der Waals surface area (Å²) < 4.78 is 38.6. The summed E-state index contributed by atoms with van der Waals surface area (Å²) in [4.78, 5) is 16.6. The molecule has 3 rings (SSSR count). The molecule has 7 heteroatoms. The summed E-state index contributed by atoms with van der Waals surface area (Å²) in [6.45, 7) is 0. The minimum Gasteiger partial charge on any atom is -0.398 e. The Balaban J connectivity index is 1.88. The van der Waals surface area contributed by atoms with Crippen LogP contribution in [0.1, 0.15) is 27.0 Å². The Morgan fingerprint density at radius 3 is 2.44 bits per heavy atom. The quantitative estimate of drug-likeness (QED) is 0.663. The number of amides is 1. The highest BCUT2D eigenvalue weighted by atomic mass is 19.4. The standard InChI is InChI=1S/C20H16F3N3O/c21-20(22,23)14-3-1-4-15(12-14)26-19(27)16-5-2-6-18(24)17(16)11-13-7-9-25-10-8-13/h1-10,12H,11,24H2,(H,26,27). The van der Waals surface area contributed by atoms with Crippen LogP contribution in [0, 0.1) is 0 Å². The Morgan fingerprint density at radius 2 is 1.74 bits per heavy atom. The molecule has 0 aliphatic carbocycles. The number of nitrogens with zero attached hydrogens (tertiary/aromatic N) is 1. The van der Waals surface area contributed by atoms with Crippen LogP contribution >= 0.6 is 0 Å². The van der Waals surface area contributed by atoms with Gasteiger partial charge in [-0.2, -0.15) is 13.2 Å². The fourth-order valence-corrected chi connectivity index (χ4v) is 2.69. The zero-order chi connectivity index (χ0) is 19.4. The molecule has 0 spiro atoms. The van der Waals surface area contributed by atoms with Gasteiger partial charge in [0.05, 0.1) is 5.56 Å². The van der Waals surface area contributed by atoms with Gasteiger partial charge in [-0.15, -0.1) is 0 Å². The van der Waals surface area contributed by atoms with Crippen molar-refractivity contribution in [2.24, 2.45) is 0 Å². The van der Waals surface area contributed by atoms with Crippen LogP contribution < -0.4 is 11.1 Å². The highest BCUT2D eigenvalue weighted by Gasteiger charge is 2.30. The van der Waals surface area contributed by atoms with Gasteiger partial charge < -0.3 is 11.1 Å². The number of carbonyl (C=O) groups is 1. The van der Waals surface area contributed by atoms with E-state index in [0.717, 1.165) is 17.7 Å². The lowest BCUT2D eigenvalue weighted by Gasteiger charge is -2.14. The van der Waals surface area contributed by atoms with E-state index in [0.29, 0.717) is 23.2 Å². The van der Waals surface area contributed by atoms with Crippen molar-refractivity contribution < 1.29 is 18.0 Å². The lowest BCUT2D eigenvalue weighted by atomic mass is 9.98. The first-order valence-corrected chi connectivity index (χ1v) is 8.09. The number of aromatic nitrogens is 1. The normalized spacial score (nSPS) is 11.2. The van der Waals surface area contributed by atoms with Gasteiger partial charge in [-0.05, 0) is 53.6 Å². The topological polar surface area (TPSA) is 68.0 Å². The fourth-order valence-electron chi connectivity index (χ4n) is 2.69. The first kappa shape index (κ1) is 18.4. The number of anilines is 2. The van der Waals surface area contributed by atoms with E-state index in [9.17, 15) is 18.0 Å². The average Bonchev–Trinajstić information content (AvgIpc) is 2.64. The maximum absolute atomic E-state index is 12.9. The van der Waals surface area contributed by atoms with E-state index < -0.39 is 17.6 Å². The molecular formula is C20H16F3N3O. The van der Waals surface area contributed by atoms with Crippen LogP contribution in [0.2, 0.25) is 0 Å². The number of carbonyl (C=O) groups excluding carboxylic acids is 1. The lowest BCUT2D eigenvalue weighted by molar-refractivity contribution is -0.137. The van der Waals surface area contributed by atoms with Crippen molar-refractivity contribution in [3.63, 3.8) is 0 Å². The zero-order valence-electron chi connectivity index (χ0n) is 14.1. The van der Waals surface area contributed by atoms with Gasteiger partial charge in [0.25, 0.3) is 5.91 Å². The number of hydrogen-bond donors (Lipinski definition) is 2. The van der Waals surface area contributed by atoms with Crippen LogP contribution in [0.5, 0.6) is 0 Å². The number of pyridine rings is 1. The van der Waals surface area contributed by atoms with Gasteiger partial charge in [0.2, 0.25) is 0 Å². The minimum atomic E-state index is -4.48. The molecule has 1 aromatic heterocycles. The Kier molecular flexibility index (Phi) is 5.12. The average molecular weight is 371 g/mol. The van der Waals surface area contributed by atoms with Gasteiger partial charge in [-0.25, -0.2) is 0 Å². The molecule has 0 unspecified atom stereocenters. The number of hydrogen-bond acceptors (Lipinski definition) is 3. The van der Waals surface area contributed by atoms with E-state index in [2.05, 4.69) is 10.3 Å². The first-order valence-electron chi connectivity index (χ1n) is 8.09. The summed E-state index contributed by atoms with van der Waals surface area (Å²) in [5, 5.41) is 2.52. The number of rotatable bonds is 4. The van der Waals surface area contributed by atoms with E-state index in [4.69, 9.17) is 5.73 Å². The molecular weight excluding hydrogens is 355 g/mol. The number of nitrogens with one attached hydrogen (secondary N) is 1. The van der Waals surface area contributed by atoms with Crippen molar-refractivity contribution in [2.75, 3.05) is 11.1 Å². The highest BCUT2D eigenvalue weighted by molar-refractivity contribution is 6.06. The molecule has 3 aromatic rings. The summed E-state index contributed by atoms with van der Waals surface area (Å²) in [6.07, 6.45) is -0.807. The molecule has 138 valence electrons. The van der Waals surface area contributed by atoms with Crippen molar-refractivity contribution in [3.05, 3.63) is 89.2 Å². The molecule has 2 aromatic carbocycles. The van der Waals surface area contributed by atoms with Gasteiger partial charge in [0, 0.05) is 35.8 Å². The summed E-state index contributed by atoms with van der Waals surface area (Å²) in [5.74, 6) is -0.523. The van der Waals surface area contributed by atoms with Gasteiger partial charge in [0.15, 0.2) is 0 Å². The van der Waals surface area contributed by atoms with Gasteiger partial charge in [-0.1, -0.05) is 12.1 Å². The summed E-state index contributed by atoms with van der Waals surface area (Å²) in [6, 6.07) is 13.0. The monoisotopic (exact) mass is 371 g/mol. The molecule has 0 aliphatic rings. The van der Waals surface area contributed by atoms with E-state index in [1.807, 2.05) is 0 Å². The molecule has 3 N–H and O–H groups in total. The highest BCUT2D eigenvalue weighted by Crippen LogP contribution is 2.31. The van der Waals surface area contributed by atoms with Crippen molar-refractivity contribution in [2.45, 2.75) is 12.6 Å². The second-order valence-corrected chi connectivity index (χ2v) is 5.94. The third kappa shape index (κ3) is 4.44. The van der Waals surface area contributed by atoms with Crippen LogP contribution in [0.3, 0.4) is 0 Å². The Morgan fingerprint density at radius 1 is 1.04 bits per heavy atom. The molecule has 0 bridgehead atoms. The molecule has 0 radical (unpaired) electrons. The number of nitrogen functional groups attached to an aromatic ring is 1. The number of nitrogens with two attached hydrogens (primary N) is 1. The molecule has 0 saturated carbocycles. The lowest BCUT2D eigenvalue weighted by Crippen LogP contribution is -2.16. The minimum absolute atomic E-state index is 0.0621. The summed E-state index contributed by atoms with van der Waals surface area (Å²) in [7, 11) is 0. The molecule has 27 heavy (non-hydrogen) atoms. The second-order valence-electron chi connectivity index (χ2n) is 5.94. The van der Waals surface area contributed by atoms with Crippen molar-refractivity contribution in [1.82, 2.24) is 4.98 Å². The largest absolute Gasteiger partial charge is 0.416 e. The zero-order valence-corrected chi connectivity index (χ0v) is 14.1. The van der Waals surface area contributed by atoms with Gasteiger partial charge in [-0.3, -0.25) is 9.78 Å². The van der Waals surface area contributed by atoms with E-state index in [1.165, 1.54) is 12.1 Å². The molecule has 4 nitrogen and oxygen atoms in total.